The first-order valence-corrected chi connectivity index (χ1v) is 6.21. The Morgan fingerprint density at radius 3 is 2.81 bits per heavy atom. The largest absolute Gasteiger partial charge is 0.379 e. The van der Waals surface area contributed by atoms with Gasteiger partial charge in [-0.3, -0.25) is 4.68 Å². The molecule has 0 saturated heterocycles. The van der Waals surface area contributed by atoms with Crippen molar-refractivity contribution < 1.29 is 5.11 Å². The smallest absolute Gasteiger partial charge is 0.149 e. The lowest BCUT2D eigenvalue weighted by atomic mass is 10.2. The Morgan fingerprint density at radius 2 is 2.25 bits per heavy atom. The van der Waals surface area contributed by atoms with Crippen LogP contribution in [0.5, 0.6) is 0 Å². The molecule has 2 heterocycles. The number of nitrogens with zero attached hydrogens (tertiary/aromatic N) is 3. The number of aryl methyl sites for hydroxylation is 1. The molecule has 4 nitrogen and oxygen atoms in total. The van der Waals surface area contributed by atoms with Crippen molar-refractivity contribution >= 4 is 34.5 Å². The van der Waals surface area contributed by atoms with Crippen LogP contribution in [0.25, 0.3) is 0 Å². The summed E-state index contributed by atoms with van der Waals surface area (Å²) in [7, 11) is 0. The molecule has 16 heavy (non-hydrogen) atoms. The van der Waals surface area contributed by atoms with Crippen molar-refractivity contribution in [1.29, 1.82) is 0 Å². The molecule has 0 bridgehead atoms. The molecule has 0 aliphatic rings. The van der Waals surface area contributed by atoms with Gasteiger partial charge in [-0.15, -0.1) is 11.3 Å². The lowest BCUT2D eigenvalue weighted by molar-refractivity contribution is 0.207. The van der Waals surface area contributed by atoms with Gasteiger partial charge < -0.3 is 5.11 Å². The Morgan fingerprint density at radius 1 is 1.50 bits per heavy atom. The minimum atomic E-state index is -0.882. The Bertz CT molecular complexity index is 497. The van der Waals surface area contributed by atoms with Crippen LogP contribution in [0.1, 0.15) is 23.7 Å². The average molecular weight is 278 g/mol. The molecule has 1 N–H and O–H groups in total. The maximum Gasteiger partial charge on any atom is 0.149 e. The minimum Gasteiger partial charge on any atom is -0.379 e. The fourth-order valence-electron chi connectivity index (χ4n) is 1.41. The molecule has 0 aliphatic carbocycles. The van der Waals surface area contributed by atoms with E-state index >= 15 is 0 Å². The van der Waals surface area contributed by atoms with Gasteiger partial charge in [-0.25, -0.2) is 4.98 Å². The zero-order valence-corrected chi connectivity index (χ0v) is 10.7. The molecule has 2 aromatic rings. The summed E-state index contributed by atoms with van der Waals surface area (Å²) in [6, 6.07) is 0. The summed E-state index contributed by atoms with van der Waals surface area (Å²) in [5.41, 5.74) is 0.551. The van der Waals surface area contributed by atoms with Crippen LogP contribution in [0.3, 0.4) is 0 Å². The quantitative estimate of drug-likeness (QED) is 0.939. The van der Waals surface area contributed by atoms with Crippen molar-refractivity contribution in [3.63, 3.8) is 0 Å². The van der Waals surface area contributed by atoms with Crippen LogP contribution in [0, 0.1) is 0 Å². The van der Waals surface area contributed by atoms with E-state index in [1.54, 1.807) is 4.68 Å². The molecule has 0 aliphatic heterocycles. The monoisotopic (exact) mass is 277 g/mol. The molecular weight excluding hydrogens is 269 g/mol. The van der Waals surface area contributed by atoms with Gasteiger partial charge in [0.25, 0.3) is 0 Å². The molecule has 0 amide bonds. The van der Waals surface area contributed by atoms with Gasteiger partial charge in [-0.1, -0.05) is 23.2 Å². The lowest BCUT2D eigenvalue weighted by Gasteiger charge is -2.10. The minimum absolute atomic E-state index is 0.431. The van der Waals surface area contributed by atoms with Crippen LogP contribution in [0.4, 0.5) is 0 Å². The van der Waals surface area contributed by atoms with Crippen molar-refractivity contribution in [3.8, 4) is 0 Å². The highest BCUT2D eigenvalue weighted by atomic mass is 35.5. The van der Waals surface area contributed by atoms with Crippen LogP contribution >= 0.6 is 34.5 Å². The molecule has 0 fully saturated rings. The summed E-state index contributed by atoms with van der Waals surface area (Å²) in [5.74, 6) is 0. The van der Waals surface area contributed by atoms with Gasteiger partial charge >= 0.3 is 0 Å². The third-order valence-corrected chi connectivity index (χ3v) is 3.58. The van der Waals surface area contributed by atoms with E-state index in [9.17, 15) is 5.11 Å². The fraction of sp³-hybridized carbons (Fsp3) is 0.333. The molecule has 0 aromatic carbocycles. The third kappa shape index (κ3) is 2.08. The second-order valence-electron chi connectivity index (χ2n) is 3.10. The van der Waals surface area contributed by atoms with Gasteiger partial charge in [-0.2, -0.15) is 5.10 Å². The highest BCUT2D eigenvalue weighted by Gasteiger charge is 2.21. The molecule has 1 unspecified atom stereocenters. The standard InChI is InChI=1S/C9H9Cl2N3OS/c1-2-14-7(5(10)3-13-14)8(15)9-12-4-6(11)16-9/h3-4,8,15H,2H2,1H3. The van der Waals surface area contributed by atoms with Crippen molar-refractivity contribution in [2.24, 2.45) is 0 Å². The van der Waals surface area contributed by atoms with Crippen molar-refractivity contribution in [1.82, 2.24) is 14.8 Å². The highest BCUT2D eigenvalue weighted by Crippen LogP contribution is 2.31. The first-order chi connectivity index (χ1) is 7.63. The van der Waals surface area contributed by atoms with Gasteiger partial charge in [0.15, 0.2) is 0 Å². The Labute approximate surface area is 106 Å². The second kappa shape index (κ2) is 4.71. The number of thiazole rings is 1. The average Bonchev–Trinajstić information content (AvgIpc) is 2.83. The summed E-state index contributed by atoms with van der Waals surface area (Å²) >= 11 is 13.0. The summed E-state index contributed by atoms with van der Waals surface area (Å²) in [4.78, 5) is 4.03. The van der Waals surface area contributed by atoms with E-state index in [4.69, 9.17) is 23.2 Å². The number of halogens is 2. The summed E-state index contributed by atoms with van der Waals surface area (Å²) in [6.07, 6.45) is 2.14. The van der Waals surface area contributed by atoms with Crippen LogP contribution in [-0.4, -0.2) is 19.9 Å². The summed E-state index contributed by atoms with van der Waals surface area (Å²) in [5, 5.41) is 15.1. The zero-order valence-electron chi connectivity index (χ0n) is 8.39. The highest BCUT2D eigenvalue weighted by molar-refractivity contribution is 7.15. The molecule has 0 saturated carbocycles. The molecule has 0 spiro atoms. The van der Waals surface area contributed by atoms with Gasteiger partial charge in [0, 0.05) is 6.54 Å². The first-order valence-electron chi connectivity index (χ1n) is 4.64. The summed E-state index contributed by atoms with van der Waals surface area (Å²) in [6.45, 7) is 2.56. The fourth-order valence-corrected chi connectivity index (χ4v) is 2.57. The van der Waals surface area contributed by atoms with Gasteiger partial charge in [0.1, 0.15) is 15.4 Å². The summed E-state index contributed by atoms with van der Waals surface area (Å²) < 4.78 is 2.18. The van der Waals surface area contributed by atoms with Crippen LogP contribution < -0.4 is 0 Å². The molecule has 86 valence electrons. The van der Waals surface area contributed by atoms with E-state index in [1.165, 1.54) is 23.7 Å². The Balaban J connectivity index is 2.40. The van der Waals surface area contributed by atoms with E-state index in [2.05, 4.69) is 10.1 Å². The van der Waals surface area contributed by atoms with E-state index in [0.717, 1.165) is 0 Å². The van der Waals surface area contributed by atoms with Gasteiger partial charge in [0.2, 0.25) is 0 Å². The molecular formula is C9H9Cl2N3OS. The maximum absolute atomic E-state index is 10.1. The van der Waals surface area contributed by atoms with E-state index in [0.29, 0.717) is 26.6 Å². The van der Waals surface area contributed by atoms with E-state index < -0.39 is 6.10 Å². The van der Waals surface area contributed by atoms with E-state index in [1.807, 2.05) is 6.92 Å². The number of aliphatic hydroxyl groups is 1. The Hall–Kier alpha value is -0.620. The maximum atomic E-state index is 10.1. The van der Waals surface area contributed by atoms with Crippen molar-refractivity contribution in [2.75, 3.05) is 0 Å². The number of aromatic nitrogens is 3. The normalized spacial score (nSPS) is 13.0. The number of rotatable bonds is 3. The number of hydrogen-bond acceptors (Lipinski definition) is 4. The first kappa shape index (κ1) is 11.9. The van der Waals surface area contributed by atoms with Gasteiger partial charge in [-0.05, 0) is 6.92 Å². The van der Waals surface area contributed by atoms with Crippen LogP contribution in [0.2, 0.25) is 9.36 Å². The predicted molar refractivity (Wildman–Crippen MR) is 64.1 cm³/mol. The van der Waals surface area contributed by atoms with Crippen LogP contribution in [0.15, 0.2) is 12.4 Å². The van der Waals surface area contributed by atoms with Gasteiger partial charge in [0.05, 0.1) is 23.1 Å². The molecule has 1 atom stereocenters. The lowest BCUT2D eigenvalue weighted by Crippen LogP contribution is -2.09. The molecule has 2 rings (SSSR count). The van der Waals surface area contributed by atoms with Crippen molar-refractivity contribution in [3.05, 3.63) is 32.5 Å². The molecule has 0 radical (unpaired) electrons. The van der Waals surface area contributed by atoms with Crippen molar-refractivity contribution in [2.45, 2.75) is 19.6 Å². The van der Waals surface area contributed by atoms with E-state index in [-0.39, 0.29) is 0 Å². The third-order valence-electron chi connectivity index (χ3n) is 2.12. The zero-order chi connectivity index (χ0) is 11.7. The molecule has 2 aromatic heterocycles. The van der Waals surface area contributed by atoms with Crippen LogP contribution in [-0.2, 0) is 6.54 Å². The number of aliphatic hydroxyl groups excluding tert-OH is 1. The SMILES string of the molecule is CCn1ncc(Cl)c1C(O)c1ncc(Cl)s1. The number of hydrogen-bond donors (Lipinski definition) is 1. The Kier molecular flexibility index (Phi) is 3.49. The molecule has 7 heteroatoms. The second-order valence-corrected chi connectivity index (χ2v) is 5.20. The predicted octanol–water partition coefficient (Wildman–Crippen LogP) is 2.75. The topological polar surface area (TPSA) is 50.9 Å².